The zero-order valence-electron chi connectivity index (χ0n) is 15.0. The monoisotopic (exact) mass is 422 g/mol. The van der Waals surface area contributed by atoms with Crippen LogP contribution in [0.1, 0.15) is 24.2 Å². The Morgan fingerprint density at radius 2 is 1.65 bits per heavy atom. The van der Waals surface area contributed by atoms with Gasteiger partial charge in [0.25, 0.3) is 0 Å². The van der Waals surface area contributed by atoms with Crippen LogP contribution in [0.2, 0.25) is 0 Å². The summed E-state index contributed by atoms with van der Waals surface area (Å²) in [5.41, 5.74) is 0.390. The van der Waals surface area contributed by atoms with Gasteiger partial charge in [-0.1, -0.05) is 21.6 Å². The van der Waals surface area contributed by atoms with Gasteiger partial charge in [0.15, 0.2) is 0 Å². The molecule has 10 heteroatoms. The van der Waals surface area contributed by atoms with Crippen LogP contribution in [0.3, 0.4) is 0 Å². The first-order chi connectivity index (χ1) is 12.3. The number of rotatable bonds is 12. The van der Waals surface area contributed by atoms with Crippen LogP contribution < -0.4 is 4.74 Å². The molecule has 0 heterocycles. The molecular weight excluding hydrogens is 399 g/mol. The number of hydrogen-bond acceptors (Lipinski definition) is 9. The third kappa shape index (κ3) is 10.2. The quantitative estimate of drug-likeness (QED) is 0.163. The van der Waals surface area contributed by atoms with E-state index in [9.17, 15) is 14.2 Å². The topological polar surface area (TPSA) is 88.1 Å². The van der Waals surface area contributed by atoms with Crippen LogP contribution in [0.25, 0.3) is 0 Å². The third-order valence-electron chi connectivity index (χ3n) is 2.69. The zero-order valence-corrected chi connectivity index (χ0v) is 17.5. The molecule has 0 amide bonds. The summed E-state index contributed by atoms with van der Waals surface area (Å²) in [7, 11) is 0.145. The third-order valence-corrected chi connectivity index (χ3v) is 6.40. The Bertz CT molecular complexity index is 622. The van der Waals surface area contributed by atoms with Gasteiger partial charge < -0.3 is 18.5 Å². The first-order valence-corrected chi connectivity index (χ1v) is 12.4. The van der Waals surface area contributed by atoms with Gasteiger partial charge in [0.05, 0.1) is 18.8 Å². The van der Waals surface area contributed by atoms with E-state index in [0.717, 1.165) is 0 Å². The normalized spacial score (nSPS) is 13.0. The Kier molecular flexibility index (Phi) is 11.0. The summed E-state index contributed by atoms with van der Waals surface area (Å²) in [6, 6.07) is 6.16. The molecule has 146 valence electrons. The van der Waals surface area contributed by atoms with E-state index in [4.69, 9.17) is 18.5 Å². The van der Waals surface area contributed by atoms with Crippen LogP contribution in [0, 0.1) is 0 Å². The smallest absolute Gasteiger partial charge is 0.338 e. The minimum absolute atomic E-state index is 0.272. The largest absolute Gasteiger partial charge is 0.461 e. The number of esters is 2. The van der Waals surface area contributed by atoms with Crippen molar-refractivity contribution in [2.45, 2.75) is 13.8 Å². The van der Waals surface area contributed by atoms with Crippen molar-refractivity contribution in [3.63, 3.8) is 0 Å². The molecule has 0 aliphatic rings. The van der Waals surface area contributed by atoms with E-state index >= 15 is 0 Å². The summed E-state index contributed by atoms with van der Waals surface area (Å²) < 4.78 is 31.9. The molecule has 1 aromatic rings. The second kappa shape index (κ2) is 12.4. The van der Waals surface area contributed by atoms with Crippen molar-refractivity contribution in [2.75, 3.05) is 38.0 Å². The van der Waals surface area contributed by atoms with Crippen molar-refractivity contribution < 1.29 is 32.7 Å². The summed E-state index contributed by atoms with van der Waals surface area (Å²) in [6.45, 7) is 5.48. The molecule has 0 saturated carbocycles. The van der Waals surface area contributed by atoms with Crippen LogP contribution in [0.5, 0.6) is 5.75 Å². The lowest BCUT2D eigenvalue weighted by atomic mass is 10.2. The number of benzene rings is 1. The van der Waals surface area contributed by atoms with Gasteiger partial charge in [-0.05, 0) is 31.2 Å². The van der Waals surface area contributed by atoms with Crippen LogP contribution in [0.15, 0.2) is 24.3 Å². The Hall–Kier alpha value is -0.990. The van der Waals surface area contributed by atoms with Crippen LogP contribution in [-0.2, 0) is 23.1 Å². The van der Waals surface area contributed by atoms with Crippen LogP contribution in [0.4, 0.5) is 0 Å². The van der Waals surface area contributed by atoms with Gasteiger partial charge in [0.1, 0.15) is 12.4 Å². The fourth-order valence-electron chi connectivity index (χ4n) is 1.70. The van der Waals surface area contributed by atoms with Crippen molar-refractivity contribution in [2.24, 2.45) is 0 Å². The predicted octanol–water partition coefficient (Wildman–Crippen LogP) is 4.03. The van der Waals surface area contributed by atoms with Crippen molar-refractivity contribution in [1.29, 1.82) is 0 Å². The average molecular weight is 422 g/mol. The highest BCUT2D eigenvalue weighted by atomic mass is 33.1. The van der Waals surface area contributed by atoms with Gasteiger partial charge >= 0.3 is 19.5 Å². The van der Waals surface area contributed by atoms with E-state index in [0.29, 0.717) is 36.0 Å². The van der Waals surface area contributed by atoms with E-state index in [2.05, 4.69) is 0 Å². The molecule has 1 unspecified atom stereocenters. The highest BCUT2D eigenvalue weighted by molar-refractivity contribution is 8.76. The van der Waals surface area contributed by atoms with Crippen molar-refractivity contribution in [3.8, 4) is 5.75 Å². The number of carbonyl (C=O) groups is 2. The minimum Gasteiger partial charge on any atom is -0.461 e. The van der Waals surface area contributed by atoms with Gasteiger partial charge in [-0.3, -0.25) is 9.36 Å². The Labute approximate surface area is 161 Å². The Morgan fingerprint density at radius 3 is 2.23 bits per heavy atom. The van der Waals surface area contributed by atoms with Crippen molar-refractivity contribution in [3.05, 3.63) is 29.8 Å². The van der Waals surface area contributed by atoms with E-state index in [1.54, 1.807) is 29.9 Å². The fraction of sp³-hybridized carbons (Fsp3) is 0.500. The number of ether oxygens (including phenoxy) is 2. The molecule has 7 nitrogen and oxygen atoms in total. The molecular formula is C16H23O7PS2. The van der Waals surface area contributed by atoms with Crippen LogP contribution in [-0.4, -0.2) is 49.9 Å². The molecule has 1 rings (SSSR count). The molecule has 0 fully saturated rings. The zero-order chi connectivity index (χ0) is 19.4. The molecule has 0 aromatic heterocycles. The SMILES string of the molecule is CCOP(C)(=O)OCCSSCCOC(=O)c1ccc(OC(C)=O)cc1. The molecule has 0 spiro atoms. The Balaban J connectivity index is 2.13. The lowest BCUT2D eigenvalue weighted by molar-refractivity contribution is -0.131. The van der Waals surface area contributed by atoms with E-state index in [-0.39, 0.29) is 6.61 Å². The molecule has 0 radical (unpaired) electrons. The fourth-order valence-corrected chi connectivity index (χ4v) is 4.45. The van der Waals surface area contributed by atoms with Gasteiger partial charge in [0, 0.05) is 25.1 Å². The van der Waals surface area contributed by atoms with E-state index in [1.165, 1.54) is 36.5 Å². The van der Waals surface area contributed by atoms with Crippen LogP contribution >= 0.6 is 29.2 Å². The van der Waals surface area contributed by atoms with Gasteiger partial charge in [-0.2, -0.15) is 0 Å². The lowest BCUT2D eigenvalue weighted by Crippen LogP contribution is -2.08. The van der Waals surface area contributed by atoms with E-state index in [1.807, 2.05) is 0 Å². The second-order valence-electron chi connectivity index (χ2n) is 4.92. The highest BCUT2D eigenvalue weighted by Crippen LogP contribution is 2.43. The second-order valence-corrected chi connectivity index (χ2v) is 9.68. The Morgan fingerprint density at radius 1 is 1.04 bits per heavy atom. The first kappa shape index (κ1) is 23.0. The first-order valence-electron chi connectivity index (χ1n) is 7.90. The highest BCUT2D eigenvalue weighted by Gasteiger charge is 2.15. The maximum absolute atomic E-state index is 11.9. The molecule has 0 aliphatic carbocycles. The summed E-state index contributed by atoms with van der Waals surface area (Å²) >= 11 is 0. The minimum atomic E-state index is -2.93. The van der Waals surface area contributed by atoms with Gasteiger partial charge in [0.2, 0.25) is 0 Å². The molecule has 1 aromatic carbocycles. The lowest BCUT2D eigenvalue weighted by Gasteiger charge is -2.12. The maximum Gasteiger partial charge on any atom is 0.338 e. The van der Waals surface area contributed by atoms with Crippen molar-refractivity contribution >= 4 is 41.1 Å². The molecule has 0 aliphatic heterocycles. The molecule has 0 saturated heterocycles. The van der Waals surface area contributed by atoms with Gasteiger partial charge in [-0.25, -0.2) is 4.79 Å². The van der Waals surface area contributed by atoms with Gasteiger partial charge in [-0.15, -0.1) is 0 Å². The standard InChI is InChI=1S/C16H23O7PS2/c1-4-21-24(3,19)22-10-12-26-25-11-9-20-16(18)14-5-7-15(8-6-14)23-13(2)17/h5-8H,4,9-12H2,1-3H3. The number of hydrogen-bond donors (Lipinski definition) is 0. The summed E-state index contributed by atoms with van der Waals surface area (Å²) in [5, 5.41) is 0. The summed E-state index contributed by atoms with van der Waals surface area (Å²) in [6.07, 6.45) is 0. The molecule has 0 N–H and O–H groups in total. The summed E-state index contributed by atoms with van der Waals surface area (Å²) in [5.74, 6) is 0.805. The maximum atomic E-state index is 11.9. The molecule has 0 bridgehead atoms. The predicted molar refractivity (Wildman–Crippen MR) is 104 cm³/mol. The van der Waals surface area contributed by atoms with E-state index < -0.39 is 19.5 Å². The number of carbonyl (C=O) groups excluding carboxylic acids is 2. The van der Waals surface area contributed by atoms with Crippen molar-refractivity contribution in [1.82, 2.24) is 0 Å². The average Bonchev–Trinajstić information content (AvgIpc) is 2.57. The molecule has 26 heavy (non-hydrogen) atoms. The molecule has 1 atom stereocenters. The summed E-state index contributed by atoms with van der Waals surface area (Å²) in [4.78, 5) is 22.7.